The summed E-state index contributed by atoms with van der Waals surface area (Å²) in [4.78, 5) is 36.3. The van der Waals surface area contributed by atoms with Crippen LogP contribution >= 0.6 is 0 Å². The highest BCUT2D eigenvalue weighted by Crippen LogP contribution is 2.28. The Morgan fingerprint density at radius 1 is 1.06 bits per heavy atom. The van der Waals surface area contributed by atoms with Crippen LogP contribution in [0.15, 0.2) is 51.7 Å². The Hall–Kier alpha value is -3.61. The van der Waals surface area contributed by atoms with Gasteiger partial charge in [0.15, 0.2) is 0 Å². The van der Waals surface area contributed by atoms with E-state index in [-0.39, 0.29) is 19.1 Å². The van der Waals surface area contributed by atoms with Gasteiger partial charge in [-0.05, 0) is 73.7 Å². The topological polar surface area (TPSA) is 94.8 Å². The second-order valence-corrected chi connectivity index (χ2v) is 7.36. The van der Waals surface area contributed by atoms with E-state index >= 15 is 0 Å². The zero-order valence-corrected chi connectivity index (χ0v) is 17.2. The summed E-state index contributed by atoms with van der Waals surface area (Å²) in [6.07, 6.45) is 3.04. The predicted octanol–water partition coefficient (Wildman–Crippen LogP) is 3.15. The van der Waals surface area contributed by atoms with Crippen molar-refractivity contribution in [3.05, 3.63) is 75.1 Å². The third kappa shape index (κ3) is 4.77. The Bertz CT molecular complexity index is 1180. The van der Waals surface area contributed by atoms with Gasteiger partial charge in [-0.2, -0.15) is 0 Å². The fourth-order valence-corrected chi connectivity index (χ4v) is 3.75. The number of ether oxygens (including phenoxy) is 2. The maximum atomic E-state index is 12.2. The van der Waals surface area contributed by atoms with Crippen molar-refractivity contribution in [3.63, 3.8) is 0 Å². The van der Waals surface area contributed by atoms with Gasteiger partial charge in [0.1, 0.15) is 24.5 Å². The van der Waals surface area contributed by atoms with Crippen LogP contribution in [0.25, 0.3) is 11.0 Å². The number of amides is 1. The van der Waals surface area contributed by atoms with E-state index in [4.69, 9.17) is 13.9 Å². The molecular formula is C24H23NO6. The van der Waals surface area contributed by atoms with Crippen LogP contribution < -0.4 is 15.7 Å². The molecule has 1 N–H and O–H groups in total. The van der Waals surface area contributed by atoms with Gasteiger partial charge < -0.3 is 19.2 Å². The molecule has 0 atom stereocenters. The van der Waals surface area contributed by atoms with Crippen molar-refractivity contribution in [3.8, 4) is 5.75 Å². The minimum Gasteiger partial charge on any atom is -0.494 e. The molecule has 3 aromatic rings. The first kappa shape index (κ1) is 20.7. The highest BCUT2D eigenvalue weighted by Gasteiger charge is 2.16. The second kappa shape index (κ2) is 9.04. The summed E-state index contributed by atoms with van der Waals surface area (Å²) in [6, 6.07) is 11.9. The van der Waals surface area contributed by atoms with E-state index in [0.29, 0.717) is 29.1 Å². The van der Waals surface area contributed by atoms with Crippen LogP contribution in [0.5, 0.6) is 5.75 Å². The lowest BCUT2D eigenvalue weighted by Gasteiger charge is -2.10. The number of benzene rings is 2. The monoisotopic (exact) mass is 421 g/mol. The van der Waals surface area contributed by atoms with Gasteiger partial charge in [-0.15, -0.1) is 0 Å². The summed E-state index contributed by atoms with van der Waals surface area (Å²) in [5, 5.41) is 3.30. The van der Waals surface area contributed by atoms with Crippen LogP contribution in [0.3, 0.4) is 0 Å². The van der Waals surface area contributed by atoms with Gasteiger partial charge in [-0.25, -0.2) is 4.79 Å². The molecule has 31 heavy (non-hydrogen) atoms. The molecule has 1 aliphatic carbocycles. The number of hydrogen-bond donors (Lipinski definition) is 1. The number of rotatable bonds is 7. The standard InChI is InChI=1S/C24H23NO6/c1-2-29-19-8-6-15(7-9-19)24(28)25-13-23(27)30-14-18-12-22(26)31-21-11-17-5-3-4-16(17)10-20(18)21/h6-12H,2-5,13-14H2,1H3,(H,25,28). The second-order valence-electron chi connectivity index (χ2n) is 7.36. The number of carbonyl (C=O) groups excluding carboxylic acids is 2. The molecule has 0 fully saturated rings. The van der Waals surface area contributed by atoms with Gasteiger partial charge in [0.05, 0.1) is 6.61 Å². The summed E-state index contributed by atoms with van der Waals surface area (Å²) in [7, 11) is 0. The molecule has 0 bridgehead atoms. The first-order valence-electron chi connectivity index (χ1n) is 10.3. The number of aryl methyl sites for hydroxylation is 2. The van der Waals surface area contributed by atoms with Crippen LogP contribution in [-0.4, -0.2) is 25.0 Å². The van der Waals surface area contributed by atoms with Crippen molar-refractivity contribution < 1.29 is 23.5 Å². The van der Waals surface area contributed by atoms with Gasteiger partial charge in [0, 0.05) is 22.6 Å². The Kier molecular flexibility index (Phi) is 6.02. The summed E-state index contributed by atoms with van der Waals surface area (Å²) < 4.78 is 16.0. The maximum absolute atomic E-state index is 12.2. The summed E-state index contributed by atoms with van der Waals surface area (Å²) >= 11 is 0. The predicted molar refractivity (Wildman–Crippen MR) is 114 cm³/mol. The SMILES string of the molecule is CCOc1ccc(C(=O)NCC(=O)OCc2cc(=O)oc3cc4c(cc23)CCC4)cc1. The third-order valence-corrected chi connectivity index (χ3v) is 5.25. The van der Waals surface area contributed by atoms with Gasteiger partial charge in [-0.1, -0.05) is 0 Å². The smallest absolute Gasteiger partial charge is 0.336 e. The highest BCUT2D eigenvalue weighted by atomic mass is 16.5. The summed E-state index contributed by atoms with van der Waals surface area (Å²) in [6.45, 7) is 2.07. The average molecular weight is 421 g/mol. The molecular weight excluding hydrogens is 398 g/mol. The number of fused-ring (bicyclic) bond motifs is 2. The molecule has 2 aromatic carbocycles. The number of hydrogen-bond acceptors (Lipinski definition) is 6. The van der Waals surface area contributed by atoms with Gasteiger partial charge >= 0.3 is 11.6 Å². The molecule has 7 nitrogen and oxygen atoms in total. The van der Waals surface area contributed by atoms with E-state index in [1.54, 1.807) is 24.3 Å². The lowest BCUT2D eigenvalue weighted by atomic mass is 10.0. The molecule has 160 valence electrons. The molecule has 0 radical (unpaired) electrons. The molecule has 1 amide bonds. The van der Waals surface area contributed by atoms with E-state index in [1.165, 1.54) is 17.2 Å². The summed E-state index contributed by atoms with van der Waals surface area (Å²) in [5.41, 5.74) is 3.45. The fourth-order valence-electron chi connectivity index (χ4n) is 3.75. The first-order chi connectivity index (χ1) is 15.0. The molecule has 4 rings (SSSR count). The van der Waals surface area contributed by atoms with Crippen molar-refractivity contribution in [2.75, 3.05) is 13.2 Å². The van der Waals surface area contributed by atoms with Gasteiger partial charge in [0.25, 0.3) is 5.91 Å². The Balaban J connectivity index is 1.37. The van der Waals surface area contributed by atoms with Gasteiger partial charge in [-0.3, -0.25) is 9.59 Å². The minimum atomic E-state index is -0.596. The van der Waals surface area contributed by atoms with Gasteiger partial charge in [0.2, 0.25) is 0 Å². The Morgan fingerprint density at radius 2 is 1.81 bits per heavy atom. The summed E-state index contributed by atoms with van der Waals surface area (Å²) in [5.74, 6) is -0.313. The minimum absolute atomic E-state index is 0.0708. The Labute approximate surface area is 179 Å². The van der Waals surface area contributed by atoms with Crippen LogP contribution in [0.2, 0.25) is 0 Å². The third-order valence-electron chi connectivity index (χ3n) is 5.25. The van der Waals surface area contributed by atoms with Crippen LogP contribution in [0.4, 0.5) is 0 Å². The Morgan fingerprint density at radius 3 is 2.55 bits per heavy atom. The fraction of sp³-hybridized carbons (Fsp3) is 0.292. The number of esters is 1. The van der Waals surface area contributed by atoms with Crippen LogP contribution in [-0.2, 0) is 29.0 Å². The molecule has 0 aliphatic heterocycles. The van der Waals surface area contributed by atoms with Crippen molar-refractivity contribution in [2.24, 2.45) is 0 Å². The zero-order valence-electron chi connectivity index (χ0n) is 17.2. The molecule has 0 saturated carbocycles. The molecule has 7 heteroatoms. The lowest BCUT2D eigenvalue weighted by Crippen LogP contribution is -2.30. The van der Waals surface area contributed by atoms with Crippen molar-refractivity contribution >= 4 is 22.8 Å². The highest BCUT2D eigenvalue weighted by molar-refractivity contribution is 5.96. The number of nitrogens with one attached hydrogen (secondary N) is 1. The normalized spacial score (nSPS) is 12.4. The molecule has 0 spiro atoms. The van der Waals surface area contributed by atoms with Crippen molar-refractivity contribution in [1.82, 2.24) is 5.32 Å². The molecule has 1 aliphatic rings. The molecule has 0 saturated heterocycles. The van der Waals surface area contributed by atoms with E-state index in [9.17, 15) is 14.4 Å². The molecule has 0 unspecified atom stereocenters. The van der Waals surface area contributed by atoms with E-state index in [2.05, 4.69) is 5.32 Å². The quantitative estimate of drug-likeness (QED) is 0.465. The van der Waals surface area contributed by atoms with Crippen LogP contribution in [0.1, 0.15) is 40.4 Å². The van der Waals surface area contributed by atoms with E-state index in [1.807, 2.05) is 19.1 Å². The van der Waals surface area contributed by atoms with E-state index in [0.717, 1.165) is 24.6 Å². The maximum Gasteiger partial charge on any atom is 0.336 e. The number of carbonyl (C=O) groups is 2. The van der Waals surface area contributed by atoms with Crippen molar-refractivity contribution in [2.45, 2.75) is 32.8 Å². The van der Waals surface area contributed by atoms with E-state index < -0.39 is 11.6 Å². The largest absolute Gasteiger partial charge is 0.494 e. The molecule has 1 heterocycles. The van der Waals surface area contributed by atoms with Crippen LogP contribution in [0, 0.1) is 0 Å². The van der Waals surface area contributed by atoms with Crippen molar-refractivity contribution in [1.29, 1.82) is 0 Å². The average Bonchev–Trinajstić information content (AvgIpc) is 3.22. The first-order valence-corrected chi connectivity index (χ1v) is 10.3. The zero-order chi connectivity index (χ0) is 21.8. The lowest BCUT2D eigenvalue weighted by molar-refractivity contribution is -0.143. The molecule has 1 aromatic heterocycles.